The number of halogens is 2. The quantitative estimate of drug-likeness (QED) is 0.902. The Labute approximate surface area is 117 Å². The second kappa shape index (κ2) is 6.14. The lowest BCUT2D eigenvalue weighted by Gasteiger charge is -2.13. The van der Waals surface area contributed by atoms with E-state index in [0.717, 1.165) is 16.7 Å². The van der Waals surface area contributed by atoms with E-state index in [1.165, 1.54) is 18.2 Å². The molecule has 1 nitrogen and oxygen atoms in total. The summed E-state index contributed by atoms with van der Waals surface area (Å²) in [4.78, 5) is 0. The molecule has 2 rings (SSSR count). The molecule has 0 amide bonds. The highest BCUT2D eigenvalue weighted by Gasteiger charge is 2.14. The van der Waals surface area contributed by atoms with Gasteiger partial charge in [-0.15, -0.1) is 0 Å². The Kier molecular flexibility index (Phi) is 4.50. The second-order valence-corrected chi connectivity index (χ2v) is 5.26. The lowest BCUT2D eigenvalue weighted by molar-refractivity contribution is 0.172. The molecule has 0 aliphatic heterocycles. The normalized spacial score (nSPS) is 12.4. The number of benzene rings is 2. The zero-order chi connectivity index (χ0) is 14.7. The fraction of sp³-hybridized carbons (Fsp3) is 0.294. The maximum Gasteiger partial charge on any atom is 0.129 e. The second-order valence-electron chi connectivity index (χ2n) is 5.26. The van der Waals surface area contributed by atoms with Gasteiger partial charge in [0.05, 0.1) is 6.10 Å². The van der Waals surface area contributed by atoms with Gasteiger partial charge in [0.15, 0.2) is 0 Å². The van der Waals surface area contributed by atoms with E-state index in [-0.39, 0.29) is 12.0 Å². The number of hydrogen-bond donors (Lipinski definition) is 1. The largest absolute Gasteiger partial charge is 0.392 e. The molecule has 1 unspecified atom stereocenters. The molecule has 0 bridgehead atoms. The van der Waals surface area contributed by atoms with Gasteiger partial charge < -0.3 is 5.11 Å². The minimum Gasteiger partial charge on any atom is -0.392 e. The molecule has 1 atom stereocenters. The van der Waals surface area contributed by atoms with Gasteiger partial charge in [-0.2, -0.15) is 0 Å². The topological polar surface area (TPSA) is 20.2 Å². The minimum atomic E-state index is -0.803. The number of aryl methyl sites for hydroxylation is 2. The van der Waals surface area contributed by atoms with Gasteiger partial charge >= 0.3 is 0 Å². The van der Waals surface area contributed by atoms with Crippen molar-refractivity contribution >= 4 is 0 Å². The highest BCUT2D eigenvalue weighted by atomic mass is 19.1. The average molecular weight is 276 g/mol. The van der Waals surface area contributed by atoms with Gasteiger partial charge in [-0.1, -0.05) is 35.4 Å². The highest BCUT2D eigenvalue weighted by molar-refractivity contribution is 5.29. The maximum absolute atomic E-state index is 13.5. The monoisotopic (exact) mass is 276 g/mol. The average Bonchev–Trinajstić information content (AvgIpc) is 2.32. The Morgan fingerprint density at radius 2 is 1.50 bits per heavy atom. The van der Waals surface area contributed by atoms with Crippen LogP contribution in [0.25, 0.3) is 0 Å². The zero-order valence-corrected chi connectivity index (χ0v) is 11.7. The summed E-state index contributed by atoms with van der Waals surface area (Å²) in [5.74, 6) is -1.21. The van der Waals surface area contributed by atoms with Crippen LogP contribution >= 0.6 is 0 Å². The summed E-state index contributed by atoms with van der Waals surface area (Å²) in [5.41, 5.74) is 3.16. The van der Waals surface area contributed by atoms with Crippen molar-refractivity contribution < 1.29 is 13.9 Å². The standard InChI is InChI=1S/C17H18F2O/c1-11-6-12(2)8-13(7-11)9-14(20)10-15-16(18)4-3-5-17(15)19/h3-8,14,20H,9-10H2,1-2H3. The molecule has 106 valence electrons. The zero-order valence-electron chi connectivity index (χ0n) is 11.7. The summed E-state index contributed by atoms with van der Waals surface area (Å²) in [6, 6.07) is 9.75. The number of hydrogen-bond acceptors (Lipinski definition) is 1. The van der Waals surface area contributed by atoms with Crippen molar-refractivity contribution in [2.45, 2.75) is 32.8 Å². The SMILES string of the molecule is Cc1cc(C)cc(CC(O)Cc2c(F)cccc2F)c1. The molecule has 20 heavy (non-hydrogen) atoms. The first-order valence-corrected chi connectivity index (χ1v) is 6.64. The molecule has 0 aromatic heterocycles. The molecule has 0 aliphatic rings. The molecule has 2 aromatic rings. The van der Waals surface area contributed by atoms with Crippen LogP contribution in [-0.4, -0.2) is 11.2 Å². The molecule has 0 saturated heterocycles. The van der Waals surface area contributed by atoms with Crippen molar-refractivity contribution in [1.82, 2.24) is 0 Å². The van der Waals surface area contributed by atoms with E-state index in [9.17, 15) is 13.9 Å². The molecule has 0 heterocycles. The number of aliphatic hydroxyl groups is 1. The lowest BCUT2D eigenvalue weighted by atomic mass is 9.98. The molecule has 0 radical (unpaired) electrons. The van der Waals surface area contributed by atoms with Gasteiger partial charge in [-0.3, -0.25) is 0 Å². The molecular weight excluding hydrogens is 258 g/mol. The first-order valence-electron chi connectivity index (χ1n) is 6.64. The van der Waals surface area contributed by atoms with Crippen molar-refractivity contribution in [3.05, 3.63) is 70.3 Å². The predicted molar refractivity (Wildman–Crippen MR) is 75.7 cm³/mol. The fourth-order valence-corrected chi connectivity index (χ4v) is 2.49. The third-order valence-corrected chi connectivity index (χ3v) is 3.25. The van der Waals surface area contributed by atoms with Gasteiger partial charge in [0, 0.05) is 12.0 Å². The van der Waals surface area contributed by atoms with Gasteiger partial charge in [-0.05, 0) is 38.0 Å². The van der Waals surface area contributed by atoms with E-state index < -0.39 is 17.7 Å². The third-order valence-electron chi connectivity index (χ3n) is 3.25. The summed E-state index contributed by atoms with van der Waals surface area (Å²) in [6.07, 6.45) is -0.440. The molecule has 1 N–H and O–H groups in total. The minimum absolute atomic E-state index is 0.0223. The van der Waals surface area contributed by atoms with Gasteiger partial charge in [0.25, 0.3) is 0 Å². The van der Waals surface area contributed by atoms with E-state index in [0.29, 0.717) is 6.42 Å². The van der Waals surface area contributed by atoms with E-state index in [4.69, 9.17) is 0 Å². The number of aliphatic hydroxyl groups excluding tert-OH is 1. The van der Waals surface area contributed by atoms with E-state index >= 15 is 0 Å². The van der Waals surface area contributed by atoms with Crippen molar-refractivity contribution in [3.63, 3.8) is 0 Å². The summed E-state index contributed by atoms with van der Waals surface area (Å²) in [5, 5.41) is 10.1. The van der Waals surface area contributed by atoms with Gasteiger partial charge in [0.2, 0.25) is 0 Å². The van der Waals surface area contributed by atoms with Crippen LogP contribution in [0.15, 0.2) is 36.4 Å². The van der Waals surface area contributed by atoms with Gasteiger partial charge in [-0.25, -0.2) is 8.78 Å². The molecular formula is C17H18F2O. The van der Waals surface area contributed by atoms with Crippen LogP contribution in [-0.2, 0) is 12.8 Å². The van der Waals surface area contributed by atoms with Crippen LogP contribution in [0, 0.1) is 25.5 Å². The van der Waals surface area contributed by atoms with E-state index in [1.54, 1.807) is 0 Å². The third kappa shape index (κ3) is 3.64. The molecule has 3 heteroatoms. The summed E-state index contributed by atoms with van der Waals surface area (Å²) in [6.45, 7) is 3.97. The van der Waals surface area contributed by atoms with Crippen molar-refractivity contribution in [2.75, 3.05) is 0 Å². The van der Waals surface area contributed by atoms with Crippen molar-refractivity contribution in [1.29, 1.82) is 0 Å². The summed E-state index contributed by atoms with van der Waals surface area (Å²) >= 11 is 0. The fourth-order valence-electron chi connectivity index (χ4n) is 2.49. The summed E-state index contributed by atoms with van der Waals surface area (Å²) in [7, 11) is 0. The van der Waals surface area contributed by atoms with Crippen LogP contribution < -0.4 is 0 Å². The van der Waals surface area contributed by atoms with Crippen LogP contribution in [0.2, 0.25) is 0 Å². The number of rotatable bonds is 4. The Balaban J connectivity index is 2.11. The van der Waals surface area contributed by atoms with Crippen LogP contribution in [0.1, 0.15) is 22.3 Å². The Hall–Kier alpha value is -1.74. The molecule has 0 aliphatic carbocycles. The first kappa shape index (κ1) is 14.7. The Bertz CT molecular complexity index is 567. The van der Waals surface area contributed by atoms with E-state index in [1.807, 2.05) is 32.0 Å². The highest BCUT2D eigenvalue weighted by Crippen LogP contribution is 2.17. The van der Waals surface area contributed by atoms with E-state index in [2.05, 4.69) is 0 Å². The lowest BCUT2D eigenvalue weighted by Crippen LogP contribution is -2.16. The van der Waals surface area contributed by atoms with Crippen molar-refractivity contribution in [2.24, 2.45) is 0 Å². The maximum atomic E-state index is 13.5. The summed E-state index contributed by atoms with van der Waals surface area (Å²) < 4.78 is 27.1. The van der Waals surface area contributed by atoms with Crippen molar-refractivity contribution in [3.8, 4) is 0 Å². The van der Waals surface area contributed by atoms with Crippen LogP contribution in [0.3, 0.4) is 0 Å². The van der Waals surface area contributed by atoms with Gasteiger partial charge in [0.1, 0.15) is 11.6 Å². The van der Waals surface area contributed by atoms with Crippen LogP contribution in [0.5, 0.6) is 0 Å². The predicted octanol–water partition coefficient (Wildman–Crippen LogP) is 3.73. The molecule has 0 fully saturated rings. The van der Waals surface area contributed by atoms with Crippen LogP contribution in [0.4, 0.5) is 8.78 Å². The molecule has 0 saturated carbocycles. The Morgan fingerprint density at radius 3 is 2.05 bits per heavy atom. The molecule has 2 aromatic carbocycles. The molecule has 0 spiro atoms. The smallest absolute Gasteiger partial charge is 0.129 e. The Morgan fingerprint density at radius 1 is 0.950 bits per heavy atom. The first-order chi connectivity index (χ1) is 9.45.